The number of rotatable bonds is 4. The van der Waals surface area contributed by atoms with Crippen molar-refractivity contribution in [2.45, 2.75) is 52.1 Å². The van der Waals surface area contributed by atoms with Crippen LogP contribution in [0.1, 0.15) is 40.0 Å². The Hall–Kier alpha value is 0.310. The van der Waals surface area contributed by atoms with Gasteiger partial charge in [0.25, 0.3) is 0 Å². The second-order valence-electron chi connectivity index (χ2n) is 5.13. The molecule has 0 bridgehead atoms. The van der Waals surface area contributed by atoms with Gasteiger partial charge in [-0.15, -0.1) is 0 Å². The zero-order valence-corrected chi connectivity index (χ0v) is 10.2. The number of hydrogen-bond donors (Lipinski definition) is 1. The Morgan fingerprint density at radius 3 is 2.69 bits per heavy atom. The number of hydrogen-bond acceptors (Lipinski definition) is 2. The van der Waals surface area contributed by atoms with Crippen molar-refractivity contribution >= 4 is 11.8 Å². The Morgan fingerprint density at radius 2 is 2.23 bits per heavy atom. The molecule has 0 spiro atoms. The molecule has 1 aliphatic carbocycles. The van der Waals surface area contributed by atoms with Crippen LogP contribution in [0.4, 0.5) is 0 Å². The SMILES string of the molecule is CSCC(C)NC1CCC(C)(C)C1. The molecule has 1 rings (SSSR count). The summed E-state index contributed by atoms with van der Waals surface area (Å²) < 4.78 is 0. The molecule has 1 nitrogen and oxygen atoms in total. The molecule has 1 N–H and O–H groups in total. The van der Waals surface area contributed by atoms with Crippen LogP contribution in [0.5, 0.6) is 0 Å². The van der Waals surface area contributed by atoms with Crippen LogP contribution < -0.4 is 5.32 Å². The highest BCUT2D eigenvalue weighted by Gasteiger charge is 2.30. The van der Waals surface area contributed by atoms with Crippen LogP contribution in [0.15, 0.2) is 0 Å². The quantitative estimate of drug-likeness (QED) is 0.750. The fourth-order valence-electron chi connectivity index (χ4n) is 2.28. The predicted octanol–water partition coefficient (Wildman–Crippen LogP) is 2.91. The van der Waals surface area contributed by atoms with Gasteiger partial charge < -0.3 is 5.32 Å². The van der Waals surface area contributed by atoms with Crippen molar-refractivity contribution in [3.8, 4) is 0 Å². The third kappa shape index (κ3) is 3.90. The molecule has 0 aromatic heterocycles. The zero-order valence-electron chi connectivity index (χ0n) is 9.39. The van der Waals surface area contributed by atoms with Crippen LogP contribution in [0, 0.1) is 5.41 Å². The lowest BCUT2D eigenvalue weighted by Crippen LogP contribution is -2.36. The molecule has 0 aliphatic heterocycles. The third-order valence-electron chi connectivity index (χ3n) is 2.91. The number of thioether (sulfide) groups is 1. The first-order valence-electron chi connectivity index (χ1n) is 5.28. The first-order chi connectivity index (χ1) is 6.03. The molecule has 0 heterocycles. The van der Waals surface area contributed by atoms with E-state index in [1.54, 1.807) is 0 Å². The lowest BCUT2D eigenvalue weighted by Gasteiger charge is -2.21. The van der Waals surface area contributed by atoms with Crippen molar-refractivity contribution in [3.63, 3.8) is 0 Å². The maximum Gasteiger partial charge on any atom is 0.0132 e. The minimum Gasteiger partial charge on any atom is -0.311 e. The first kappa shape index (κ1) is 11.4. The van der Waals surface area contributed by atoms with E-state index < -0.39 is 0 Å². The summed E-state index contributed by atoms with van der Waals surface area (Å²) in [4.78, 5) is 0. The van der Waals surface area contributed by atoms with Gasteiger partial charge in [0.15, 0.2) is 0 Å². The minimum absolute atomic E-state index is 0.580. The van der Waals surface area contributed by atoms with Crippen molar-refractivity contribution < 1.29 is 0 Å². The van der Waals surface area contributed by atoms with E-state index in [2.05, 4.69) is 32.3 Å². The molecule has 2 atom stereocenters. The summed E-state index contributed by atoms with van der Waals surface area (Å²) in [6.45, 7) is 7.06. The monoisotopic (exact) mass is 201 g/mol. The van der Waals surface area contributed by atoms with Crippen molar-refractivity contribution in [1.82, 2.24) is 5.32 Å². The highest BCUT2D eigenvalue weighted by molar-refractivity contribution is 7.98. The molecule has 0 amide bonds. The van der Waals surface area contributed by atoms with Gasteiger partial charge in [0.05, 0.1) is 0 Å². The van der Waals surface area contributed by atoms with Gasteiger partial charge in [0, 0.05) is 17.8 Å². The fraction of sp³-hybridized carbons (Fsp3) is 1.00. The molecule has 0 aromatic rings. The van der Waals surface area contributed by atoms with Gasteiger partial charge in [0.2, 0.25) is 0 Å². The predicted molar refractivity (Wildman–Crippen MR) is 62.4 cm³/mol. The maximum atomic E-state index is 3.71. The Morgan fingerprint density at radius 1 is 1.54 bits per heavy atom. The lowest BCUT2D eigenvalue weighted by atomic mass is 9.92. The molecule has 2 unspecified atom stereocenters. The van der Waals surface area contributed by atoms with E-state index in [0.29, 0.717) is 11.5 Å². The maximum absolute atomic E-state index is 3.71. The van der Waals surface area contributed by atoms with Gasteiger partial charge in [-0.1, -0.05) is 13.8 Å². The molecule has 0 aromatic carbocycles. The van der Waals surface area contributed by atoms with Gasteiger partial charge in [-0.25, -0.2) is 0 Å². The highest BCUT2D eigenvalue weighted by atomic mass is 32.2. The van der Waals surface area contributed by atoms with E-state index in [-0.39, 0.29) is 0 Å². The topological polar surface area (TPSA) is 12.0 Å². The molecule has 0 radical (unpaired) electrons. The van der Waals surface area contributed by atoms with E-state index in [1.807, 2.05) is 11.8 Å². The van der Waals surface area contributed by atoms with Gasteiger partial charge in [-0.2, -0.15) is 11.8 Å². The molecule has 0 saturated heterocycles. The van der Waals surface area contributed by atoms with Crippen LogP contribution in [0.2, 0.25) is 0 Å². The summed E-state index contributed by atoms with van der Waals surface area (Å²) in [7, 11) is 0. The van der Waals surface area contributed by atoms with E-state index in [0.717, 1.165) is 6.04 Å². The van der Waals surface area contributed by atoms with Crippen LogP contribution in [-0.2, 0) is 0 Å². The van der Waals surface area contributed by atoms with Crippen molar-refractivity contribution in [2.75, 3.05) is 12.0 Å². The normalized spacial score (nSPS) is 29.1. The average Bonchev–Trinajstić information content (AvgIpc) is 2.30. The molecule has 1 saturated carbocycles. The Labute approximate surface area is 87.1 Å². The highest BCUT2D eigenvalue weighted by Crippen LogP contribution is 2.37. The van der Waals surface area contributed by atoms with Crippen molar-refractivity contribution in [2.24, 2.45) is 5.41 Å². The van der Waals surface area contributed by atoms with E-state index in [4.69, 9.17) is 0 Å². The molecule has 13 heavy (non-hydrogen) atoms. The second-order valence-corrected chi connectivity index (χ2v) is 6.04. The summed E-state index contributed by atoms with van der Waals surface area (Å²) >= 11 is 1.93. The third-order valence-corrected chi connectivity index (χ3v) is 3.74. The number of nitrogens with one attached hydrogen (secondary N) is 1. The summed E-state index contributed by atoms with van der Waals surface area (Å²) in [5.41, 5.74) is 0.580. The van der Waals surface area contributed by atoms with Crippen LogP contribution >= 0.6 is 11.8 Å². The van der Waals surface area contributed by atoms with Crippen molar-refractivity contribution in [3.05, 3.63) is 0 Å². The van der Waals surface area contributed by atoms with Gasteiger partial charge in [-0.05, 0) is 37.9 Å². The Bertz CT molecular complexity index is 156. The second kappa shape index (κ2) is 4.70. The smallest absolute Gasteiger partial charge is 0.0132 e. The van der Waals surface area contributed by atoms with Crippen LogP contribution in [-0.4, -0.2) is 24.1 Å². The Balaban J connectivity index is 2.24. The summed E-state index contributed by atoms with van der Waals surface area (Å²) in [6.07, 6.45) is 6.28. The molecule has 2 heteroatoms. The molecule has 1 aliphatic rings. The van der Waals surface area contributed by atoms with Crippen LogP contribution in [0.25, 0.3) is 0 Å². The molecule has 1 fully saturated rings. The summed E-state index contributed by atoms with van der Waals surface area (Å²) in [5, 5.41) is 3.71. The molecular formula is C11H23NS. The zero-order chi connectivity index (χ0) is 9.90. The fourth-order valence-corrected chi connectivity index (χ4v) is 2.88. The largest absolute Gasteiger partial charge is 0.311 e. The van der Waals surface area contributed by atoms with Gasteiger partial charge in [0.1, 0.15) is 0 Å². The van der Waals surface area contributed by atoms with E-state index in [1.165, 1.54) is 25.0 Å². The minimum atomic E-state index is 0.580. The summed E-state index contributed by atoms with van der Waals surface area (Å²) in [5.74, 6) is 1.23. The van der Waals surface area contributed by atoms with Gasteiger partial charge >= 0.3 is 0 Å². The first-order valence-corrected chi connectivity index (χ1v) is 6.68. The van der Waals surface area contributed by atoms with Crippen LogP contribution in [0.3, 0.4) is 0 Å². The van der Waals surface area contributed by atoms with Gasteiger partial charge in [-0.3, -0.25) is 0 Å². The molecule has 78 valence electrons. The van der Waals surface area contributed by atoms with E-state index >= 15 is 0 Å². The molecular weight excluding hydrogens is 178 g/mol. The lowest BCUT2D eigenvalue weighted by molar-refractivity contribution is 0.359. The summed E-state index contributed by atoms with van der Waals surface area (Å²) in [6, 6.07) is 1.45. The van der Waals surface area contributed by atoms with Crippen molar-refractivity contribution in [1.29, 1.82) is 0 Å². The average molecular weight is 201 g/mol. The van der Waals surface area contributed by atoms with E-state index in [9.17, 15) is 0 Å². The standard InChI is InChI=1S/C11H23NS/c1-9(8-13-4)12-10-5-6-11(2,3)7-10/h9-10,12H,5-8H2,1-4H3. The Kier molecular flexibility index (Phi) is 4.11.